The fourth-order valence-corrected chi connectivity index (χ4v) is 3.83. The maximum absolute atomic E-state index is 11.1. The van der Waals surface area contributed by atoms with Gasteiger partial charge in [0.2, 0.25) is 5.91 Å². The van der Waals surface area contributed by atoms with E-state index in [9.17, 15) is 4.79 Å². The zero-order valence-electron chi connectivity index (χ0n) is 20.2. The molecule has 0 bridgehead atoms. The first-order chi connectivity index (χ1) is 16.9. The van der Waals surface area contributed by atoms with Crippen LogP contribution in [0.25, 0.3) is 5.65 Å². The lowest BCUT2D eigenvalue weighted by Gasteiger charge is -2.15. The number of amides is 1. The number of ether oxygens (including phenoxy) is 1. The molecule has 4 aromatic rings. The van der Waals surface area contributed by atoms with Gasteiger partial charge in [0.25, 0.3) is 0 Å². The van der Waals surface area contributed by atoms with Crippen LogP contribution in [0, 0.1) is 6.92 Å². The van der Waals surface area contributed by atoms with Crippen molar-refractivity contribution in [1.82, 2.24) is 14.7 Å². The van der Waals surface area contributed by atoms with Gasteiger partial charge in [-0.05, 0) is 67.3 Å². The monoisotopic (exact) mass is 470 g/mol. The molecule has 0 aliphatic carbocycles. The number of amidine groups is 1. The molecule has 0 radical (unpaired) electrons. The maximum Gasteiger partial charge on any atom is 0.216 e. The number of rotatable bonds is 8. The van der Waals surface area contributed by atoms with Crippen LogP contribution >= 0.6 is 0 Å². The number of nitrogens with two attached hydrogens (primary N) is 1. The molecule has 2 aromatic heterocycles. The van der Waals surface area contributed by atoms with Crippen molar-refractivity contribution < 1.29 is 9.53 Å². The number of aryl methyl sites for hydroxylation is 2. The number of anilines is 2. The molecule has 0 aliphatic heterocycles. The first-order valence-electron chi connectivity index (χ1n) is 11.5. The molecule has 4 rings (SSSR count). The van der Waals surface area contributed by atoms with Crippen LogP contribution in [-0.2, 0) is 11.2 Å². The highest BCUT2D eigenvalue weighted by Gasteiger charge is 2.11. The molecule has 1 amide bonds. The molecule has 4 N–H and O–H groups in total. The molecule has 0 unspecified atom stereocenters. The summed E-state index contributed by atoms with van der Waals surface area (Å²) < 4.78 is 8.03. The summed E-state index contributed by atoms with van der Waals surface area (Å²) in [5, 5.41) is 6.22. The Bertz CT molecular complexity index is 1380. The second kappa shape index (κ2) is 10.7. The minimum atomic E-state index is -0.0154. The Morgan fingerprint density at radius 1 is 1.14 bits per heavy atom. The predicted molar refractivity (Wildman–Crippen MR) is 140 cm³/mol. The maximum atomic E-state index is 11.1. The van der Waals surface area contributed by atoms with Crippen molar-refractivity contribution in [2.24, 2.45) is 4.99 Å². The van der Waals surface area contributed by atoms with Crippen molar-refractivity contribution in [3.05, 3.63) is 83.8 Å². The average molecular weight is 471 g/mol. The SMILES string of the molecule is CN=C(Nc1ccc(Oc2ccn3ccnc3c2)c(C)c1)c1cc(CCCNC(C)=O)ccc1N. The van der Waals surface area contributed by atoms with E-state index in [4.69, 9.17) is 10.5 Å². The van der Waals surface area contributed by atoms with Crippen LogP contribution in [0.3, 0.4) is 0 Å². The molecule has 0 fully saturated rings. The van der Waals surface area contributed by atoms with Crippen molar-refractivity contribution >= 4 is 28.8 Å². The van der Waals surface area contributed by atoms with Crippen LogP contribution in [0.15, 0.2) is 72.1 Å². The minimum absolute atomic E-state index is 0.0154. The van der Waals surface area contributed by atoms with Gasteiger partial charge in [0.1, 0.15) is 23.0 Å². The lowest BCUT2D eigenvalue weighted by molar-refractivity contribution is -0.118. The second-order valence-corrected chi connectivity index (χ2v) is 8.34. The van der Waals surface area contributed by atoms with Gasteiger partial charge in [-0.15, -0.1) is 0 Å². The number of nitrogens with zero attached hydrogens (tertiary/aromatic N) is 3. The summed E-state index contributed by atoms with van der Waals surface area (Å²) in [7, 11) is 1.74. The molecule has 8 nitrogen and oxygen atoms in total. The minimum Gasteiger partial charge on any atom is -0.457 e. The quantitative estimate of drug-likeness (QED) is 0.151. The van der Waals surface area contributed by atoms with Crippen LogP contribution in [-0.4, -0.2) is 34.7 Å². The summed E-state index contributed by atoms with van der Waals surface area (Å²) >= 11 is 0. The number of carbonyl (C=O) groups is 1. The Morgan fingerprint density at radius 3 is 2.77 bits per heavy atom. The Balaban J connectivity index is 1.46. The first kappa shape index (κ1) is 23.8. The van der Waals surface area contributed by atoms with Crippen molar-refractivity contribution in [2.45, 2.75) is 26.7 Å². The van der Waals surface area contributed by atoms with Crippen LogP contribution in [0.4, 0.5) is 11.4 Å². The van der Waals surface area contributed by atoms with E-state index in [1.54, 1.807) is 13.2 Å². The van der Waals surface area contributed by atoms with Gasteiger partial charge in [0.15, 0.2) is 0 Å². The van der Waals surface area contributed by atoms with Crippen molar-refractivity contribution in [1.29, 1.82) is 0 Å². The predicted octanol–water partition coefficient (Wildman–Crippen LogP) is 4.57. The summed E-state index contributed by atoms with van der Waals surface area (Å²) in [6.45, 7) is 4.17. The number of aliphatic imine (C=N–C) groups is 1. The van der Waals surface area contributed by atoms with E-state index in [0.717, 1.165) is 52.4 Å². The summed E-state index contributed by atoms with van der Waals surface area (Å²) in [6.07, 6.45) is 7.26. The standard InChI is InChI=1S/C27H30N6O2/c1-18-15-21(7-9-25(18)35-22-10-13-33-14-12-31-26(33)17-22)32-27(29-3)23-16-20(6-8-24(23)28)5-4-11-30-19(2)34/h6-10,12-17H,4-5,11,28H2,1-3H3,(H,29,32)(H,30,34). The lowest BCUT2D eigenvalue weighted by Crippen LogP contribution is -2.21. The number of fused-ring (bicyclic) bond motifs is 1. The Hall–Kier alpha value is -4.33. The number of pyridine rings is 1. The number of hydrogen-bond acceptors (Lipinski definition) is 5. The van der Waals surface area contributed by atoms with E-state index < -0.39 is 0 Å². The molecule has 0 atom stereocenters. The van der Waals surface area contributed by atoms with Crippen molar-refractivity contribution in [3.8, 4) is 11.5 Å². The van der Waals surface area contributed by atoms with Gasteiger partial charge in [0, 0.05) is 62.1 Å². The number of nitrogen functional groups attached to an aromatic ring is 1. The van der Waals surface area contributed by atoms with Gasteiger partial charge < -0.3 is 25.5 Å². The zero-order valence-corrected chi connectivity index (χ0v) is 20.2. The average Bonchev–Trinajstić information content (AvgIpc) is 3.31. The Morgan fingerprint density at radius 2 is 2.00 bits per heavy atom. The number of nitrogens with one attached hydrogen (secondary N) is 2. The van der Waals surface area contributed by atoms with Gasteiger partial charge in [0.05, 0.1) is 0 Å². The summed E-state index contributed by atoms with van der Waals surface area (Å²) in [5.41, 5.74) is 11.6. The first-order valence-corrected chi connectivity index (χ1v) is 11.5. The van der Waals surface area contributed by atoms with E-state index >= 15 is 0 Å². The van der Waals surface area contributed by atoms with Gasteiger partial charge in [-0.1, -0.05) is 6.07 Å². The molecular formula is C27H30N6O2. The highest BCUT2D eigenvalue weighted by Crippen LogP contribution is 2.28. The summed E-state index contributed by atoms with van der Waals surface area (Å²) in [6, 6.07) is 15.7. The molecule has 0 aliphatic rings. The van der Waals surface area contributed by atoms with Crippen LogP contribution in [0.1, 0.15) is 30.0 Å². The lowest BCUT2D eigenvalue weighted by atomic mass is 10.0. The summed E-state index contributed by atoms with van der Waals surface area (Å²) in [5.74, 6) is 2.16. The third kappa shape index (κ3) is 5.97. The molecule has 35 heavy (non-hydrogen) atoms. The zero-order chi connectivity index (χ0) is 24.8. The topological polar surface area (TPSA) is 106 Å². The number of aromatic nitrogens is 2. The van der Waals surface area contributed by atoms with Crippen LogP contribution < -0.4 is 21.1 Å². The molecule has 2 aromatic carbocycles. The van der Waals surface area contributed by atoms with E-state index in [0.29, 0.717) is 18.1 Å². The van der Waals surface area contributed by atoms with Crippen molar-refractivity contribution in [3.63, 3.8) is 0 Å². The smallest absolute Gasteiger partial charge is 0.216 e. The molecule has 0 saturated carbocycles. The van der Waals surface area contributed by atoms with E-state index in [2.05, 4.69) is 26.7 Å². The van der Waals surface area contributed by atoms with Gasteiger partial charge in [-0.2, -0.15) is 0 Å². The van der Waals surface area contributed by atoms with E-state index in [1.807, 2.05) is 66.2 Å². The van der Waals surface area contributed by atoms with Gasteiger partial charge in [-0.3, -0.25) is 9.79 Å². The molecule has 180 valence electrons. The van der Waals surface area contributed by atoms with Crippen LogP contribution in [0.5, 0.6) is 11.5 Å². The number of carbonyl (C=O) groups excluding carboxylic acids is 1. The third-order valence-corrected chi connectivity index (χ3v) is 5.65. The van der Waals surface area contributed by atoms with Crippen molar-refractivity contribution in [2.75, 3.05) is 24.6 Å². The highest BCUT2D eigenvalue weighted by atomic mass is 16.5. The third-order valence-electron chi connectivity index (χ3n) is 5.65. The van der Waals surface area contributed by atoms with E-state index in [-0.39, 0.29) is 5.91 Å². The Kier molecular flexibility index (Phi) is 7.30. The number of benzene rings is 2. The fraction of sp³-hybridized carbons (Fsp3) is 0.222. The second-order valence-electron chi connectivity index (χ2n) is 8.34. The van der Waals surface area contributed by atoms with Gasteiger partial charge >= 0.3 is 0 Å². The largest absolute Gasteiger partial charge is 0.457 e. The number of imidazole rings is 1. The molecule has 8 heteroatoms. The molecule has 2 heterocycles. The van der Waals surface area contributed by atoms with Crippen LogP contribution in [0.2, 0.25) is 0 Å². The molecule has 0 spiro atoms. The molecule has 0 saturated heterocycles. The highest BCUT2D eigenvalue weighted by molar-refractivity contribution is 6.11. The molecular weight excluding hydrogens is 440 g/mol. The van der Waals surface area contributed by atoms with Gasteiger partial charge in [-0.25, -0.2) is 4.98 Å². The van der Waals surface area contributed by atoms with E-state index in [1.165, 1.54) is 6.92 Å². The Labute approximate surface area is 204 Å². The fourth-order valence-electron chi connectivity index (χ4n) is 3.83. The summed E-state index contributed by atoms with van der Waals surface area (Å²) in [4.78, 5) is 19.8. The number of hydrogen-bond donors (Lipinski definition) is 3. The normalized spacial score (nSPS) is 11.5.